The zero-order valence-electron chi connectivity index (χ0n) is 8.95. The Morgan fingerprint density at radius 2 is 1.53 bits per heavy atom. The maximum Gasteiger partial charge on any atom is 0.335 e. The van der Waals surface area contributed by atoms with Crippen molar-refractivity contribution in [1.29, 1.82) is 0 Å². The first-order valence-electron chi connectivity index (χ1n) is 5.06. The Balaban J connectivity index is 2.22. The Bertz CT molecular complexity index is 550. The van der Waals surface area contributed by atoms with Gasteiger partial charge in [-0.3, -0.25) is 0 Å². The van der Waals surface area contributed by atoms with Gasteiger partial charge in [0.25, 0.3) is 0 Å². The van der Waals surface area contributed by atoms with E-state index in [1.54, 1.807) is 12.1 Å². The van der Waals surface area contributed by atoms with E-state index < -0.39 is 5.97 Å². The number of hydrogen-bond acceptors (Lipinski definition) is 3. The van der Waals surface area contributed by atoms with Gasteiger partial charge in [-0.15, -0.1) is 0 Å². The van der Waals surface area contributed by atoms with Crippen molar-refractivity contribution < 1.29 is 9.90 Å². The highest BCUT2D eigenvalue weighted by Crippen LogP contribution is 2.18. The summed E-state index contributed by atoms with van der Waals surface area (Å²) in [5.74, 6) is -0.971. The van der Waals surface area contributed by atoms with Gasteiger partial charge in [0, 0.05) is 0 Å². The van der Waals surface area contributed by atoms with Gasteiger partial charge in [0.2, 0.25) is 0 Å². The van der Waals surface area contributed by atoms with Gasteiger partial charge >= 0.3 is 5.97 Å². The minimum absolute atomic E-state index is 0.203. The van der Waals surface area contributed by atoms with Gasteiger partial charge in [0.1, 0.15) is 0 Å². The Hall–Kier alpha value is -2.49. The van der Waals surface area contributed by atoms with Crippen LogP contribution in [0.4, 0.5) is 11.4 Å². The number of aromatic carboxylic acids is 1. The van der Waals surface area contributed by atoms with E-state index in [-0.39, 0.29) is 5.56 Å². The summed E-state index contributed by atoms with van der Waals surface area (Å²) < 4.78 is 0. The summed E-state index contributed by atoms with van der Waals surface area (Å²) in [6.07, 6.45) is 0. The summed E-state index contributed by atoms with van der Waals surface area (Å²) in [5.41, 5.74) is 1.46. The van der Waals surface area contributed by atoms with Gasteiger partial charge in [0.15, 0.2) is 0 Å². The molecule has 0 saturated carbocycles. The molecule has 4 nitrogen and oxygen atoms in total. The molecule has 1 N–H and O–H groups in total. The van der Waals surface area contributed by atoms with Crippen LogP contribution in [0.3, 0.4) is 0 Å². The molecule has 2 aromatic rings. The molecule has 0 aliphatic rings. The van der Waals surface area contributed by atoms with Crippen molar-refractivity contribution in [2.24, 2.45) is 10.2 Å². The Labute approximate surface area is 98.3 Å². The maximum atomic E-state index is 10.8. The fourth-order valence-electron chi connectivity index (χ4n) is 1.31. The molecule has 0 amide bonds. The number of azo groups is 1. The van der Waals surface area contributed by atoms with E-state index in [9.17, 15) is 4.79 Å². The molecule has 4 heteroatoms. The second-order valence-corrected chi connectivity index (χ2v) is 3.39. The molecule has 0 radical (unpaired) electrons. The first kappa shape index (κ1) is 11.0. The molecule has 2 rings (SSSR count). The molecule has 0 aromatic heterocycles. The zero-order chi connectivity index (χ0) is 12.1. The van der Waals surface area contributed by atoms with Crippen LogP contribution in [0.1, 0.15) is 10.4 Å². The molecule has 17 heavy (non-hydrogen) atoms. The van der Waals surface area contributed by atoms with Crippen molar-refractivity contribution in [3.8, 4) is 0 Å². The van der Waals surface area contributed by atoms with Crippen LogP contribution >= 0.6 is 0 Å². The third-order valence-corrected chi connectivity index (χ3v) is 2.13. The highest BCUT2D eigenvalue weighted by molar-refractivity contribution is 5.88. The Morgan fingerprint density at radius 3 is 2.24 bits per heavy atom. The van der Waals surface area contributed by atoms with E-state index in [0.717, 1.165) is 5.69 Å². The first-order valence-corrected chi connectivity index (χ1v) is 5.06. The Morgan fingerprint density at radius 1 is 0.882 bits per heavy atom. The average molecular weight is 226 g/mol. The van der Waals surface area contributed by atoms with Crippen molar-refractivity contribution in [3.63, 3.8) is 0 Å². The molecule has 0 aliphatic carbocycles. The fourth-order valence-corrected chi connectivity index (χ4v) is 1.31. The standard InChI is InChI=1S/C13H10N2O2/c16-13(17)10-5-4-8-12(9-10)15-14-11-6-2-1-3-7-11/h1-9H,(H,16,17)/b15-14+. The van der Waals surface area contributed by atoms with Crippen LogP contribution in [-0.2, 0) is 0 Å². The lowest BCUT2D eigenvalue weighted by atomic mass is 10.2. The maximum absolute atomic E-state index is 10.8. The topological polar surface area (TPSA) is 62.0 Å². The summed E-state index contributed by atoms with van der Waals surface area (Å²) in [7, 11) is 0. The molecule has 2 aromatic carbocycles. The monoisotopic (exact) mass is 226 g/mol. The first-order chi connectivity index (χ1) is 8.25. The van der Waals surface area contributed by atoms with Gasteiger partial charge in [-0.2, -0.15) is 10.2 Å². The van der Waals surface area contributed by atoms with E-state index in [1.807, 2.05) is 30.3 Å². The van der Waals surface area contributed by atoms with Crippen LogP contribution in [0.5, 0.6) is 0 Å². The molecule has 0 heterocycles. The van der Waals surface area contributed by atoms with E-state index in [4.69, 9.17) is 5.11 Å². The number of benzene rings is 2. The summed E-state index contributed by atoms with van der Waals surface area (Å²) in [5, 5.41) is 16.8. The Kier molecular flexibility index (Phi) is 3.25. The summed E-state index contributed by atoms with van der Waals surface area (Å²) in [4.78, 5) is 10.8. The van der Waals surface area contributed by atoms with E-state index in [0.29, 0.717) is 5.69 Å². The lowest BCUT2D eigenvalue weighted by Gasteiger charge is -1.95. The lowest BCUT2D eigenvalue weighted by Crippen LogP contribution is -1.94. The van der Waals surface area contributed by atoms with Crippen LogP contribution in [-0.4, -0.2) is 11.1 Å². The lowest BCUT2D eigenvalue weighted by molar-refractivity contribution is 0.0697. The smallest absolute Gasteiger partial charge is 0.335 e. The SMILES string of the molecule is O=C(O)c1cccc(/N=N/c2ccccc2)c1. The molecular weight excluding hydrogens is 216 g/mol. The molecule has 0 saturated heterocycles. The van der Waals surface area contributed by atoms with E-state index in [2.05, 4.69) is 10.2 Å². The molecule has 84 valence electrons. The highest BCUT2D eigenvalue weighted by Gasteiger charge is 2.01. The quantitative estimate of drug-likeness (QED) is 0.809. The van der Waals surface area contributed by atoms with Gasteiger partial charge in [0.05, 0.1) is 16.9 Å². The molecule has 0 spiro atoms. The van der Waals surface area contributed by atoms with Crippen molar-refractivity contribution in [3.05, 3.63) is 60.2 Å². The molecule has 0 unspecified atom stereocenters. The van der Waals surface area contributed by atoms with Crippen LogP contribution < -0.4 is 0 Å². The second kappa shape index (κ2) is 5.03. The number of rotatable bonds is 3. The highest BCUT2D eigenvalue weighted by atomic mass is 16.4. The van der Waals surface area contributed by atoms with Crippen molar-refractivity contribution in [1.82, 2.24) is 0 Å². The van der Waals surface area contributed by atoms with Gasteiger partial charge in [-0.05, 0) is 30.3 Å². The minimum Gasteiger partial charge on any atom is -0.478 e. The summed E-state index contributed by atoms with van der Waals surface area (Å²) in [6, 6.07) is 15.6. The van der Waals surface area contributed by atoms with Crippen LogP contribution in [0.15, 0.2) is 64.8 Å². The summed E-state index contributed by atoms with van der Waals surface area (Å²) >= 11 is 0. The predicted octanol–water partition coefficient (Wildman–Crippen LogP) is 3.80. The number of hydrogen-bond donors (Lipinski definition) is 1. The molecular formula is C13H10N2O2. The zero-order valence-corrected chi connectivity index (χ0v) is 8.95. The number of nitrogens with zero attached hydrogens (tertiary/aromatic N) is 2. The van der Waals surface area contributed by atoms with Crippen molar-refractivity contribution in [2.45, 2.75) is 0 Å². The molecule has 0 atom stereocenters. The third kappa shape index (κ3) is 2.98. The van der Waals surface area contributed by atoms with Gasteiger partial charge in [-0.1, -0.05) is 24.3 Å². The molecule has 0 bridgehead atoms. The summed E-state index contributed by atoms with van der Waals surface area (Å²) in [6.45, 7) is 0. The van der Waals surface area contributed by atoms with E-state index >= 15 is 0 Å². The number of carboxylic acid groups (broad SMARTS) is 1. The normalized spacial score (nSPS) is 10.6. The predicted molar refractivity (Wildman–Crippen MR) is 64.0 cm³/mol. The number of carboxylic acids is 1. The van der Waals surface area contributed by atoms with Crippen LogP contribution in [0.2, 0.25) is 0 Å². The fraction of sp³-hybridized carbons (Fsp3) is 0. The average Bonchev–Trinajstić information content (AvgIpc) is 2.38. The van der Waals surface area contributed by atoms with Crippen molar-refractivity contribution >= 4 is 17.3 Å². The van der Waals surface area contributed by atoms with Gasteiger partial charge < -0.3 is 5.11 Å². The molecule has 0 aliphatic heterocycles. The van der Waals surface area contributed by atoms with Crippen LogP contribution in [0, 0.1) is 0 Å². The van der Waals surface area contributed by atoms with Gasteiger partial charge in [-0.25, -0.2) is 4.79 Å². The second-order valence-electron chi connectivity index (χ2n) is 3.39. The number of carbonyl (C=O) groups is 1. The van der Waals surface area contributed by atoms with Crippen molar-refractivity contribution in [2.75, 3.05) is 0 Å². The van der Waals surface area contributed by atoms with Crippen LogP contribution in [0.25, 0.3) is 0 Å². The minimum atomic E-state index is -0.971. The largest absolute Gasteiger partial charge is 0.478 e. The third-order valence-electron chi connectivity index (χ3n) is 2.13. The molecule has 0 fully saturated rings. The van der Waals surface area contributed by atoms with E-state index in [1.165, 1.54) is 12.1 Å².